The number of nitrogens with zero attached hydrogens (tertiary/aromatic N) is 2. The first-order chi connectivity index (χ1) is 11.2. The van der Waals surface area contributed by atoms with Crippen LogP contribution in [0.3, 0.4) is 0 Å². The SMILES string of the molecule is C[C@H]1CC[C@H](NC2CC(N)=Nc3cc(-c4ccn[nH]4)sc32)CC1. The number of aromatic amines is 1. The van der Waals surface area contributed by atoms with Gasteiger partial charge in [-0.2, -0.15) is 5.10 Å². The summed E-state index contributed by atoms with van der Waals surface area (Å²) in [5.41, 5.74) is 8.15. The largest absolute Gasteiger partial charge is 0.387 e. The van der Waals surface area contributed by atoms with Crippen molar-refractivity contribution in [3.05, 3.63) is 23.2 Å². The fourth-order valence-corrected chi connectivity index (χ4v) is 4.74. The maximum Gasteiger partial charge on any atom is 0.102 e. The molecular weight excluding hydrogens is 306 g/mol. The molecule has 1 aliphatic heterocycles. The van der Waals surface area contributed by atoms with Gasteiger partial charge in [0.05, 0.1) is 22.3 Å². The molecule has 2 aliphatic rings. The lowest BCUT2D eigenvalue weighted by molar-refractivity contribution is 0.289. The lowest BCUT2D eigenvalue weighted by Crippen LogP contribution is -2.38. The van der Waals surface area contributed by atoms with Crippen LogP contribution >= 0.6 is 11.3 Å². The summed E-state index contributed by atoms with van der Waals surface area (Å²) in [6, 6.07) is 5.02. The van der Waals surface area contributed by atoms with Crippen molar-refractivity contribution in [2.24, 2.45) is 16.6 Å². The van der Waals surface area contributed by atoms with Crippen LogP contribution in [0.25, 0.3) is 10.6 Å². The highest BCUT2D eigenvalue weighted by Crippen LogP contribution is 2.43. The first kappa shape index (κ1) is 14.9. The molecular formula is C17H23N5S. The highest BCUT2D eigenvalue weighted by Gasteiger charge is 2.28. The second-order valence-corrected chi connectivity index (χ2v) is 7.90. The average molecular weight is 329 g/mol. The molecule has 1 aliphatic carbocycles. The van der Waals surface area contributed by atoms with Gasteiger partial charge in [-0.15, -0.1) is 11.3 Å². The van der Waals surface area contributed by atoms with Crippen molar-refractivity contribution >= 4 is 22.9 Å². The van der Waals surface area contributed by atoms with E-state index in [-0.39, 0.29) is 0 Å². The molecule has 122 valence electrons. The standard InChI is InChI=1S/C17H23N5S/c1-10-2-4-11(5-3-10)20-14-9-16(18)21-13-8-15(23-17(13)14)12-6-7-19-22-12/h6-8,10-11,14,20H,2-5,9H2,1H3,(H2,18,21)(H,19,22)/t10-,11-,14?. The minimum atomic E-state index is 0.294. The summed E-state index contributed by atoms with van der Waals surface area (Å²) in [5, 5.41) is 10.9. The number of hydrogen-bond acceptors (Lipinski definition) is 5. The van der Waals surface area contributed by atoms with Gasteiger partial charge in [0.2, 0.25) is 0 Å². The van der Waals surface area contributed by atoms with Gasteiger partial charge < -0.3 is 11.1 Å². The van der Waals surface area contributed by atoms with E-state index in [1.54, 1.807) is 17.5 Å². The van der Waals surface area contributed by atoms with Crippen LogP contribution in [0.15, 0.2) is 23.3 Å². The van der Waals surface area contributed by atoms with E-state index in [1.807, 2.05) is 6.07 Å². The van der Waals surface area contributed by atoms with Crippen LogP contribution in [0, 0.1) is 5.92 Å². The molecule has 1 unspecified atom stereocenters. The Morgan fingerprint density at radius 3 is 2.87 bits per heavy atom. The molecule has 4 rings (SSSR count). The molecule has 6 heteroatoms. The lowest BCUT2D eigenvalue weighted by atomic mass is 9.87. The second kappa shape index (κ2) is 6.09. The molecule has 0 saturated heterocycles. The second-order valence-electron chi connectivity index (χ2n) is 6.81. The summed E-state index contributed by atoms with van der Waals surface area (Å²) in [5.74, 6) is 1.60. The Hall–Kier alpha value is -1.66. The summed E-state index contributed by atoms with van der Waals surface area (Å²) in [6.45, 7) is 2.36. The van der Waals surface area contributed by atoms with Crippen LogP contribution in [0.1, 0.15) is 49.9 Å². The minimum absolute atomic E-state index is 0.294. The number of nitrogens with two attached hydrogens (primary N) is 1. The third-order valence-electron chi connectivity index (χ3n) is 4.95. The molecule has 3 heterocycles. The van der Waals surface area contributed by atoms with Crippen LogP contribution in [0.4, 0.5) is 5.69 Å². The topological polar surface area (TPSA) is 79.1 Å². The predicted octanol–water partition coefficient (Wildman–Crippen LogP) is 3.74. The quantitative estimate of drug-likeness (QED) is 0.802. The van der Waals surface area contributed by atoms with Gasteiger partial charge in [-0.05, 0) is 43.7 Å². The highest BCUT2D eigenvalue weighted by atomic mass is 32.1. The van der Waals surface area contributed by atoms with Gasteiger partial charge in [-0.25, -0.2) is 4.99 Å². The Morgan fingerprint density at radius 1 is 1.30 bits per heavy atom. The number of rotatable bonds is 3. The van der Waals surface area contributed by atoms with Crippen LogP contribution < -0.4 is 11.1 Å². The number of fused-ring (bicyclic) bond motifs is 1. The highest BCUT2D eigenvalue weighted by molar-refractivity contribution is 7.16. The van der Waals surface area contributed by atoms with Gasteiger partial charge in [0, 0.05) is 23.5 Å². The van der Waals surface area contributed by atoms with Gasteiger partial charge in [0.25, 0.3) is 0 Å². The number of aliphatic imine (C=N–C) groups is 1. The molecule has 0 bridgehead atoms. The third-order valence-corrected chi connectivity index (χ3v) is 6.22. The van der Waals surface area contributed by atoms with Gasteiger partial charge >= 0.3 is 0 Å². The molecule has 0 spiro atoms. The van der Waals surface area contributed by atoms with Crippen molar-refractivity contribution in [3.63, 3.8) is 0 Å². The number of amidine groups is 1. The van der Waals surface area contributed by atoms with E-state index in [4.69, 9.17) is 5.73 Å². The fourth-order valence-electron chi connectivity index (χ4n) is 3.61. The van der Waals surface area contributed by atoms with Crippen LogP contribution in [0.5, 0.6) is 0 Å². The Labute approximate surface area is 140 Å². The molecule has 5 nitrogen and oxygen atoms in total. The number of hydrogen-bond donors (Lipinski definition) is 3. The van der Waals surface area contributed by atoms with Crippen LogP contribution in [-0.2, 0) is 0 Å². The molecule has 23 heavy (non-hydrogen) atoms. The van der Waals surface area contributed by atoms with E-state index in [9.17, 15) is 0 Å². The predicted molar refractivity (Wildman–Crippen MR) is 95.1 cm³/mol. The molecule has 0 amide bonds. The molecule has 4 N–H and O–H groups in total. The van der Waals surface area contributed by atoms with Gasteiger partial charge in [-0.1, -0.05) is 6.92 Å². The van der Waals surface area contributed by atoms with Crippen molar-refractivity contribution in [1.29, 1.82) is 0 Å². The summed E-state index contributed by atoms with van der Waals surface area (Å²) in [6.07, 6.45) is 7.77. The summed E-state index contributed by atoms with van der Waals surface area (Å²) >= 11 is 1.80. The molecule has 0 radical (unpaired) electrons. The van der Waals surface area contributed by atoms with E-state index in [0.717, 1.165) is 29.6 Å². The maximum atomic E-state index is 6.09. The number of thiophene rings is 1. The Kier molecular flexibility index (Phi) is 3.95. The van der Waals surface area contributed by atoms with E-state index >= 15 is 0 Å². The minimum Gasteiger partial charge on any atom is -0.387 e. The zero-order valence-corrected chi connectivity index (χ0v) is 14.2. The van der Waals surface area contributed by atoms with Gasteiger partial charge in [-0.3, -0.25) is 5.10 Å². The van der Waals surface area contributed by atoms with E-state index in [1.165, 1.54) is 35.4 Å². The number of H-pyrrole nitrogens is 1. The average Bonchev–Trinajstić information content (AvgIpc) is 3.18. The molecule has 1 fully saturated rings. The number of nitrogens with one attached hydrogen (secondary N) is 2. The zero-order valence-electron chi connectivity index (χ0n) is 13.4. The zero-order chi connectivity index (χ0) is 15.8. The maximum absolute atomic E-state index is 6.09. The molecule has 1 atom stereocenters. The molecule has 1 saturated carbocycles. The monoisotopic (exact) mass is 329 g/mol. The number of aromatic nitrogens is 2. The van der Waals surface area contributed by atoms with Crippen molar-refractivity contribution in [1.82, 2.24) is 15.5 Å². The van der Waals surface area contributed by atoms with E-state index < -0.39 is 0 Å². The van der Waals surface area contributed by atoms with Crippen molar-refractivity contribution in [2.45, 2.75) is 51.1 Å². The van der Waals surface area contributed by atoms with Crippen LogP contribution in [-0.4, -0.2) is 22.1 Å². The Balaban J connectivity index is 1.57. The smallest absolute Gasteiger partial charge is 0.102 e. The summed E-state index contributed by atoms with van der Waals surface area (Å²) < 4.78 is 0. The Bertz CT molecular complexity index is 695. The third kappa shape index (κ3) is 3.05. The molecule has 2 aromatic rings. The van der Waals surface area contributed by atoms with Crippen molar-refractivity contribution < 1.29 is 0 Å². The summed E-state index contributed by atoms with van der Waals surface area (Å²) in [4.78, 5) is 7.05. The molecule has 2 aromatic heterocycles. The summed E-state index contributed by atoms with van der Waals surface area (Å²) in [7, 11) is 0. The van der Waals surface area contributed by atoms with Crippen LogP contribution in [0.2, 0.25) is 0 Å². The van der Waals surface area contributed by atoms with Crippen molar-refractivity contribution in [3.8, 4) is 10.6 Å². The lowest BCUT2D eigenvalue weighted by Gasteiger charge is -2.31. The fraction of sp³-hybridized carbons (Fsp3) is 0.529. The van der Waals surface area contributed by atoms with Gasteiger partial charge in [0.1, 0.15) is 5.84 Å². The van der Waals surface area contributed by atoms with E-state index in [2.05, 4.69) is 33.5 Å². The Morgan fingerprint density at radius 2 is 2.13 bits per heavy atom. The first-order valence-electron chi connectivity index (χ1n) is 8.41. The van der Waals surface area contributed by atoms with Gasteiger partial charge in [0.15, 0.2) is 0 Å². The first-order valence-corrected chi connectivity index (χ1v) is 9.23. The molecule has 0 aromatic carbocycles. The van der Waals surface area contributed by atoms with Crippen molar-refractivity contribution in [2.75, 3.05) is 0 Å². The van der Waals surface area contributed by atoms with E-state index in [0.29, 0.717) is 12.1 Å². The normalized spacial score (nSPS) is 27.5.